The summed E-state index contributed by atoms with van der Waals surface area (Å²) in [6.07, 6.45) is 0.537. The number of amides is 1. The topological polar surface area (TPSA) is 78.1 Å². The largest absolute Gasteiger partial charge is 0.379 e. The Morgan fingerprint density at radius 3 is 3.00 bits per heavy atom. The molecule has 1 amide bonds. The van der Waals surface area contributed by atoms with Crippen LogP contribution >= 0.6 is 0 Å². The van der Waals surface area contributed by atoms with Crippen LogP contribution in [0.25, 0.3) is 0 Å². The quantitative estimate of drug-likeness (QED) is 0.642. The Balaban J connectivity index is 1.22. The van der Waals surface area contributed by atoms with E-state index in [0.717, 1.165) is 18.7 Å². The van der Waals surface area contributed by atoms with Gasteiger partial charge in [0.15, 0.2) is 0 Å². The first-order chi connectivity index (χ1) is 13.2. The molecule has 9 heteroatoms. The molecular formula is C18H26FN5O3. The average molecular weight is 379 g/mol. The van der Waals surface area contributed by atoms with Crippen LogP contribution in [0.1, 0.15) is 12.0 Å². The smallest absolute Gasteiger partial charge is 0.239 e. The number of carbonyl (C=O) groups excluding carboxylic acids is 1. The minimum Gasteiger partial charge on any atom is -0.379 e. The number of nitrogens with zero attached hydrogens (tertiary/aromatic N) is 2. The Hall–Kier alpha value is -1.62. The lowest BCUT2D eigenvalue weighted by atomic mass is 10.1. The lowest BCUT2D eigenvalue weighted by molar-refractivity contribution is -0.126. The van der Waals surface area contributed by atoms with Gasteiger partial charge in [0, 0.05) is 39.1 Å². The molecule has 148 valence electrons. The van der Waals surface area contributed by atoms with Gasteiger partial charge in [-0.1, -0.05) is 12.1 Å². The zero-order chi connectivity index (χ0) is 18.6. The molecule has 27 heavy (non-hydrogen) atoms. The number of benzene rings is 1. The molecule has 3 unspecified atom stereocenters. The number of morpholine rings is 1. The van der Waals surface area contributed by atoms with E-state index in [-0.39, 0.29) is 30.0 Å². The first kappa shape index (κ1) is 18.7. The number of carbonyl (C=O) groups is 1. The van der Waals surface area contributed by atoms with E-state index in [4.69, 9.17) is 9.57 Å². The Morgan fingerprint density at radius 2 is 2.19 bits per heavy atom. The van der Waals surface area contributed by atoms with Crippen molar-refractivity contribution in [3.05, 3.63) is 35.6 Å². The summed E-state index contributed by atoms with van der Waals surface area (Å²) in [7, 11) is 0. The Morgan fingerprint density at radius 1 is 1.33 bits per heavy atom. The molecule has 3 aliphatic heterocycles. The number of hydroxylamine groups is 1. The minimum absolute atomic E-state index is 0.00953. The van der Waals surface area contributed by atoms with Crippen LogP contribution in [0.2, 0.25) is 0 Å². The van der Waals surface area contributed by atoms with Crippen LogP contribution in [0.5, 0.6) is 0 Å². The van der Waals surface area contributed by atoms with Crippen LogP contribution in [-0.4, -0.2) is 73.5 Å². The second-order valence-electron chi connectivity index (χ2n) is 7.21. The maximum atomic E-state index is 13.3. The van der Waals surface area contributed by atoms with Crippen molar-refractivity contribution >= 4 is 5.91 Å². The number of hydrazine groups is 1. The van der Waals surface area contributed by atoms with Crippen molar-refractivity contribution in [3.8, 4) is 0 Å². The third kappa shape index (κ3) is 4.81. The summed E-state index contributed by atoms with van der Waals surface area (Å²) in [4.78, 5) is 20.3. The Kier molecular flexibility index (Phi) is 5.96. The monoisotopic (exact) mass is 379 g/mol. The summed E-state index contributed by atoms with van der Waals surface area (Å²) in [6.45, 7) is 4.96. The van der Waals surface area contributed by atoms with Crippen LogP contribution in [0, 0.1) is 5.82 Å². The Labute approximate surface area is 157 Å². The van der Waals surface area contributed by atoms with Crippen molar-refractivity contribution in [2.45, 2.75) is 31.3 Å². The maximum absolute atomic E-state index is 13.3. The average Bonchev–Trinajstić information content (AvgIpc) is 3.32. The molecule has 3 N–H and O–H groups in total. The highest BCUT2D eigenvalue weighted by Crippen LogP contribution is 2.17. The standard InChI is InChI=1S/C18H26FN5O3/c19-14-3-1-2-13(8-14)11-24-12-15(10-20-24)21-18(25)16-9-17(27-22-16)23-4-6-26-7-5-23/h1-3,8,15-17,20,22H,4-7,9-12H2,(H,21,25). The van der Waals surface area contributed by atoms with E-state index in [0.29, 0.717) is 39.3 Å². The molecule has 3 fully saturated rings. The first-order valence-corrected chi connectivity index (χ1v) is 9.43. The van der Waals surface area contributed by atoms with Crippen LogP contribution < -0.4 is 16.2 Å². The van der Waals surface area contributed by atoms with Gasteiger partial charge >= 0.3 is 0 Å². The van der Waals surface area contributed by atoms with Gasteiger partial charge in [-0.15, -0.1) is 0 Å². The Bertz CT molecular complexity index is 658. The molecule has 0 aliphatic carbocycles. The molecule has 3 heterocycles. The van der Waals surface area contributed by atoms with Crippen molar-refractivity contribution in [1.82, 2.24) is 26.1 Å². The van der Waals surface area contributed by atoms with Gasteiger partial charge in [-0.25, -0.2) is 9.40 Å². The van der Waals surface area contributed by atoms with E-state index < -0.39 is 0 Å². The van der Waals surface area contributed by atoms with Gasteiger partial charge in [0.25, 0.3) is 0 Å². The molecule has 3 aliphatic rings. The molecule has 8 nitrogen and oxygen atoms in total. The summed E-state index contributed by atoms with van der Waals surface area (Å²) in [5, 5.41) is 5.06. The second kappa shape index (κ2) is 8.59. The highest BCUT2D eigenvalue weighted by molar-refractivity contribution is 5.82. The van der Waals surface area contributed by atoms with Crippen molar-refractivity contribution in [2.24, 2.45) is 0 Å². The third-order valence-electron chi connectivity index (χ3n) is 5.16. The molecule has 0 spiro atoms. The fourth-order valence-corrected chi connectivity index (χ4v) is 3.72. The predicted molar refractivity (Wildman–Crippen MR) is 95.5 cm³/mol. The van der Waals surface area contributed by atoms with Gasteiger partial charge in [-0.3, -0.25) is 20.0 Å². The number of rotatable bonds is 5. The van der Waals surface area contributed by atoms with Crippen molar-refractivity contribution in [1.29, 1.82) is 0 Å². The molecule has 1 aromatic rings. The van der Waals surface area contributed by atoms with E-state index in [1.165, 1.54) is 12.1 Å². The van der Waals surface area contributed by atoms with Gasteiger partial charge in [-0.2, -0.15) is 5.48 Å². The fraction of sp³-hybridized carbons (Fsp3) is 0.611. The molecule has 0 saturated carbocycles. The van der Waals surface area contributed by atoms with E-state index in [1.54, 1.807) is 6.07 Å². The van der Waals surface area contributed by atoms with Crippen LogP contribution in [0.3, 0.4) is 0 Å². The molecule has 4 rings (SSSR count). The highest BCUT2D eigenvalue weighted by Gasteiger charge is 2.36. The fourth-order valence-electron chi connectivity index (χ4n) is 3.72. The van der Waals surface area contributed by atoms with E-state index in [9.17, 15) is 9.18 Å². The minimum atomic E-state index is -0.352. The molecule has 3 saturated heterocycles. The number of hydrogen-bond acceptors (Lipinski definition) is 7. The zero-order valence-electron chi connectivity index (χ0n) is 15.2. The van der Waals surface area contributed by atoms with Gasteiger partial charge < -0.3 is 10.1 Å². The van der Waals surface area contributed by atoms with E-state index in [2.05, 4.69) is 21.1 Å². The normalized spacial score (nSPS) is 29.9. The molecular weight excluding hydrogens is 353 g/mol. The van der Waals surface area contributed by atoms with Crippen molar-refractivity contribution < 1.29 is 18.8 Å². The SMILES string of the molecule is O=C(NC1CNN(Cc2cccc(F)c2)C1)C1CC(N2CCOCC2)ON1. The number of hydrogen-bond donors (Lipinski definition) is 3. The van der Waals surface area contributed by atoms with Crippen molar-refractivity contribution in [3.63, 3.8) is 0 Å². The highest BCUT2D eigenvalue weighted by atomic mass is 19.1. The van der Waals surface area contributed by atoms with Crippen LogP contribution in [0.4, 0.5) is 4.39 Å². The van der Waals surface area contributed by atoms with Gasteiger partial charge in [0.2, 0.25) is 5.91 Å². The van der Waals surface area contributed by atoms with Gasteiger partial charge in [-0.05, 0) is 17.7 Å². The summed E-state index contributed by atoms with van der Waals surface area (Å²) in [5.41, 5.74) is 7.02. The zero-order valence-corrected chi connectivity index (χ0v) is 15.2. The molecule has 0 radical (unpaired) electrons. The molecule has 0 bridgehead atoms. The summed E-state index contributed by atoms with van der Waals surface area (Å²) in [5.74, 6) is -0.288. The van der Waals surface area contributed by atoms with Crippen LogP contribution in [0.15, 0.2) is 24.3 Å². The molecule has 1 aromatic carbocycles. The lowest BCUT2D eigenvalue weighted by Crippen LogP contribution is -2.47. The maximum Gasteiger partial charge on any atom is 0.239 e. The number of nitrogens with one attached hydrogen (secondary N) is 3. The van der Waals surface area contributed by atoms with E-state index >= 15 is 0 Å². The summed E-state index contributed by atoms with van der Waals surface area (Å²) in [6, 6.07) is 6.22. The second-order valence-corrected chi connectivity index (χ2v) is 7.21. The van der Waals surface area contributed by atoms with Crippen molar-refractivity contribution in [2.75, 3.05) is 39.4 Å². The summed E-state index contributed by atoms with van der Waals surface area (Å²) >= 11 is 0. The van der Waals surface area contributed by atoms with E-state index in [1.807, 2.05) is 11.1 Å². The lowest BCUT2D eigenvalue weighted by Gasteiger charge is -2.30. The number of halogens is 1. The summed E-state index contributed by atoms with van der Waals surface area (Å²) < 4.78 is 18.7. The number of ether oxygens (including phenoxy) is 1. The third-order valence-corrected chi connectivity index (χ3v) is 5.16. The van der Waals surface area contributed by atoms with Gasteiger partial charge in [0.05, 0.1) is 19.3 Å². The first-order valence-electron chi connectivity index (χ1n) is 9.43. The van der Waals surface area contributed by atoms with Crippen LogP contribution in [-0.2, 0) is 20.9 Å². The van der Waals surface area contributed by atoms with Gasteiger partial charge in [0.1, 0.15) is 18.1 Å². The molecule has 0 aromatic heterocycles. The predicted octanol–water partition coefficient (Wildman–Crippen LogP) is -0.417. The molecule has 3 atom stereocenters.